The summed E-state index contributed by atoms with van der Waals surface area (Å²) < 4.78 is 5.11. The lowest BCUT2D eigenvalue weighted by molar-refractivity contribution is -0.121. The molecule has 1 heterocycles. The number of carbonyl (C=O) groups is 1. The Morgan fingerprint density at radius 2 is 2.20 bits per heavy atom. The van der Waals surface area contributed by atoms with E-state index in [1.165, 1.54) is 0 Å². The maximum Gasteiger partial charge on any atom is 0.224 e. The summed E-state index contributed by atoms with van der Waals surface area (Å²) in [5.41, 5.74) is 9.00. The second kappa shape index (κ2) is 5.77. The van der Waals surface area contributed by atoms with E-state index in [1.807, 2.05) is 32.9 Å². The minimum absolute atomic E-state index is 0.0527. The van der Waals surface area contributed by atoms with Gasteiger partial charge in [0.2, 0.25) is 5.91 Å². The van der Waals surface area contributed by atoms with E-state index in [9.17, 15) is 4.79 Å². The van der Waals surface area contributed by atoms with E-state index in [0.717, 1.165) is 22.6 Å². The third kappa shape index (κ3) is 3.17. The fraction of sp³-hybridized carbons (Fsp3) is 0.333. The third-order valence-electron chi connectivity index (χ3n) is 3.21. The van der Waals surface area contributed by atoms with Crippen molar-refractivity contribution >= 4 is 11.6 Å². The van der Waals surface area contributed by atoms with E-state index >= 15 is 0 Å². The predicted molar refractivity (Wildman–Crippen MR) is 77.1 cm³/mol. The molecule has 0 aliphatic heterocycles. The lowest BCUT2D eigenvalue weighted by Gasteiger charge is -2.13. The highest BCUT2D eigenvalue weighted by atomic mass is 16.5. The van der Waals surface area contributed by atoms with Gasteiger partial charge in [-0.25, -0.2) is 0 Å². The van der Waals surface area contributed by atoms with Gasteiger partial charge >= 0.3 is 0 Å². The van der Waals surface area contributed by atoms with Crippen LogP contribution in [0, 0.1) is 13.8 Å². The van der Waals surface area contributed by atoms with Crippen LogP contribution < -0.4 is 11.1 Å². The Morgan fingerprint density at radius 1 is 1.45 bits per heavy atom. The third-order valence-corrected chi connectivity index (χ3v) is 3.21. The molecule has 2 rings (SSSR count). The molecular formula is C15H19N3O2. The van der Waals surface area contributed by atoms with Crippen molar-refractivity contribution in [3.05, 3.63) is 46.8 Å². The molecule has 0 aliphatic carbocycles. The average molecular weight is 273 g/mol. The van der Waals surface area contributed by atoms with Gasteiger partial charge in [-0.3, -0.25) is 4.79 Å². The lowest BCUT2D eigenvalue weighted by Crippen LogP contribution is -2.28. The highest BCUT2D eigenvalue weighted by Gasteiger charge is 2.18. The summed E-state index contributed by atoms with van der Waals surface area (Å²) >= 11 is 0. The van der Waals surface area contributed by atoms with Crippen molar-refractivity contribution in [3.63, 3.8) is 0 Å². The molecule has 0 radical (unpaired) electrons. The first-order chi connectivity index (χ1) is 9.47. The number of anilines is 1. The monoisotopic (exact) mass is 273 g/mol. The van der Waals surface area contributed by atoms with Crippen LogP contribution >= 0.6 is 0 Å². The van der Waals surface area contributed by atoms with Crippen molar-refractivity contribution in [1.82, 2.24) is 10.5 Å². The van der Waals surface area contributed by atoms with Crippen LogP contribution in [0.15, 0.2) is 28.8 Å². The van der Waals surface area contributed by atoms with E-state index < -0.39 is 0 Å². The second-order valence-electron chi connectivity index (χ2n) is 4.95. The Hall–Kier alpha value is -2.30. The second-order valence-corrected chi connectivity index (χ2v) is 4.95. The lowest BCUT2D eigenvalue weighted by atomic mass is 10.1. The quantitative estimate of drug-likeness (QED) is 0.837. The van der Waals surface area contributed by atoms with Crippen LogP contribution in [0.3, 0.4) is 0 Å². The Morgan fingerprint density at radius 3 is 2.80 bits per heavy atom. The number of rotatable bonds is 4. The number of nitrogens with zero attached hydrogens (tertiary/aromatic N) is 1. The van der Waals surface area contributed by atoms with Crippen molar-refractivity contribution < 1.29 is 9.32 Å². The molecule has 1 amide bonds. The smallest absolute Gasteiger partial charge is 0.224 e. The molecule has 5 heteroatoms. The van der Waals surface area contributed by atoms with Crippen molar-refractivity contribution in [2.45, 2.75) is 33.2 Å². The minimum atomic E-state index is -0.130. The number of nitrogen functional groups attached to an aromatic ring is 1. The molecule has 0 saturated carbocycles. The van der Waals surface area contributed by atoms with Crippen molar-refractivity contribution in [3.8, 4) is 0 Å². The van der Waals surface area contributed by atoms with Gasteiger partial charge in [0.1, 0.15) is 5.76 Å². The van der Waals surface area contributed by atoms with Crippen molar-refractivity contribution in [2.75, 3.05) is 5.73 Å². The molecule has 5 nitrogen and oxygen atoms in total. The fourth-order valence-electron chi connectivity index (χ4n) is 2.36. The first kappa shape index (κ1) is 14.1. The fourth-order valence-corrected chi connectivity index (χ4v) is 2.36. The number of benzene rings is 1. The molecule has 0 bridgehead atoms. The van der Waals surface area contributed by atoms with Gasteiger partial charge in [0, 0.05) is 11.3 Å². The first-order valence-corrected chi connectivity index (χ1v) is 6.54. The van der Waals surface area contributed by atoms with Gasteiger partial charge < -0.3 is 15.6 Å². The molecule has 1 aromatic carbocycles. The number of aromatic nitrogens is 1. The summed E-state index contributed by atoms with van der Waals surface area (Å²) in [7, 11) is 0. The van der Waals surface area contributed by atoms with Gasteiger partial charge in [-0.1, -0.05) is 17.3 Å². The van der Waals surface area contributed by atoms with Gasteiger partial charge in [-0.15, -0.1) is 0 Å². The molecule has 106 valence electrons. The number of nitrogens with two attached hydrogens (primary N) is 1. The highest BCUT2D eigenvalue weighted by molar-refractivity contribution is 5.79. The molecule has 1 aromatic heterocycles. The van der Waals surface area contributed by atoms with E-state index in [0.29, 0.717) is 12.1 Å². The molecule has 0 saturated heterocycles. The maximum atomic E-state index is 12.0. The first-order valence-electron chi connectivity index (χ1n) is 6.54. The zero-order valence-corrected chi connectivity index (χ0v) is 11.9. The van der Waals surface area contributed by atoms with Gasteiger partial charge in [-0.05, 0) is 38.5 Å². The average Bonchev–Trinajstić information content (AvgIpc) is 2.68. The topological polar surface area (TPSA) is 81.2 Å². The molecule has 1 atom stereocenters. The number of hydrogen-bond donors (Lipinski definition) is 2. The van der Waals surface area contributed by atoms with Crippen LogP contribution in [0.4, 0.5) is 5.69 Å². The molecule has 20 heavy (non-hydrogen) atoms. The summed E-state index contributed by atoms with van der Waals surface area (Å²) in [5, 5.41) is 6.85. The SMILES string of the molecule is Cc1noc(C)c1C(C)NC(=O)Cc1cccc(N)c1. The molecule has 0 spiro atoms. The zero-order chi connectivity index (χ0) is 14.7. The Kier molecular flexibility index (Phi) is 4.08. The van der Waals surface area contributed by atoms with Crippen LogP contribution in [0.25, 0.3) is 0 Å². The van der Waals surface area contributed by atoms with Gasteiger partial charge in [0.25, 0.3) is 0 Å². The Labute approximate surface area is 118 Å². The molecular weight excluding hydrogens is 254 g/mol. The van der Waals surface area contributed by atoms with Gasteiger partial charge in [-0.2, -0.15) is 0 Å². The number of nitrogens with one attached hydrogen (secondary N) is 1. The van der Waals surface area contributed by atoms with E-state index in [2.05, 4.69) is 10.5 Å². The molecule has 2 aromatic rings. The molecule has 0 aliphatic rings. The predicted octanol–water partition coefficient (Wildman–Crippen LogP) is 2.29. The molecule has 3 N–H and O–H groups in total. The highest BCUT2D eigenvalue weighted by Crippen LogP contribution is 2.21. The molecule has 0 fully saturated rings. The number of carbonyl (C=O) groups excluding carboxylic acids is 1. The largest absolute Gasteiger partial charge is 0.399 e. The van der Waals surface area contributed by atoms with E-state index in [1.54, 1.807) is 12.1 Å². The summed E-state index contributed by atoms with van der Waals surface area (Å²) in [5.74, 6) is 0.683. The summed E-state index contributed by atoms with van der Waals surface area (Å²) in [4.78, 5) is 12.0. The van der Waals surface area contributed by atoms with Crippen LogP contribution in [0.1, 0.15) is 35.5 Å². The maximum absolute atomic E-state index is 12.0. The number of aryl methyl sites for hydroxylation is 2. The Bertz CT molecular complexity index is 600. The van der Waals surface area contributed by atoms with Crippen LogP contribution in [0.2, 0.25) is 0 Å². The van der Waals surface area contributed by atoms with E-state index in [-0.39, 0.29) is 11.9 Å². The number of amides is 1. The van der Waals surface area contributed by atoms with Crippen LogP contribution in [0.5, 0.6) is 0 Å². The summed E-state index contributed by atoms with van der Waals surface area (Å²) in [6.45, 7) is 5.63. The van der Waals surface area contributed by atoms with Crippen LogP contribution in [-0.2, 0) is 11.2 Å². The van der Waals surface area contributed by atoms with Gasteiger partial charge in [0.15, 0.2) is 0 Å². The number of hydrogen-bond acceptors (Lipinski definition) is 4. The van der Waals surface area contributed by atoms with Crippen LogP contribution in [-0.4, -0.2) is 11.1 Å². The van der Waals surface area contributed by atoms with E-state index in [4.69, 9.17) is 10.3 Å². The standard InChI is InChI=1S/C15H19N3O2/c1-9(15-10(2)18-20-11(15)3)17-14(19)8-12-5-4-6-13(16)7-12/h4-7,9H,8,16H2,1-3H3,(H,17,19). The Balaban J connectivity index is 2.01. The van der Waals surface area contributed by atoms with Crippen molar-refractivity contribution in [2.24, 2.45) is 0 Å². The van der Waals surface area contributed by atoms with Gasteiger partial charge in [0.05, 0.1) is 18.2 Å². The zero-order valence-electron chi connectivity index (χ0n) is 11.9. The normalized spacial score (nSPS) is 12.2. The molecule has 1 unspecified atom stereocenters. The van der Waals surface area contributed by atoms with Crippen molar-refractivity contribution in [1.29, 1.82) is 0 Å². The summed E-state index contributed by atoms with van der Waals surface area (Å²) in [6, 6.07) is 7.20. The minimum Gasteiger partial charge on any atom is -0.399 e. The summed E-state index contributed by atoms with van der Waals surface area (Å²) in [6.07, 6.45) is 0.304.